The van der Waals surface area contributed by atoms with E-state index >= 15 is 0 Å². The molecular formula is C69H43Br5Cl4N12O10. The lowest BCUT2D eigenvalue weighted by Gasteiger charge is -2.14. The van der Waals surface area contributed by atoms with Crippen LogP contribution in [0.3, 0.4) is 0 Å². The zero-order valence-corrected chi connectivity index (χ0v) is 62.7. The first-order valence-corrected chi connectivity index (χ1v) is 32.9. The summed E-state index contributed by atoms with van der Waals surface area (Å²) in [4.78, 5) is 87.2. The van der Waals surface area contributed by atoms with Crippen molar-refractivity contribution in [3.8, 4) is 64.4 Å². The Balaban J connectivity index is 0.000000221. The van der Waals surface area contributed by atoms with E-state index in [2.05, 4.69) is 119 Å². The Morgan fingerprint density at radius 3 is 1.15 bits per heavy atom. The van der Waals surface area contributed by atoms with Crippen LogP contribution in [-0.4, -0.2) is 89.6 Å². The topological polar surface area (TPSA) is 274 Å². The number of aromatic nitrogens is 5. The van der Waals surface area contributed by atoms with Crippen molar-refractivity contribution in [3.05, 3.63) is 268 Å². The third-order valence-corrected chi connectivity index (χ3v) is 16.5. The predicted molar refractivity (Wildman–Crippen MR) is 398 cm³/mol. The van der Waals surface area contributed by atoms with Crippen LogP contribution in [0.2, 0.25) is 20.6 Å². The number of aldehydes is 5. The molecule has 0 bridgehead atoms. The van der Waals surface area contributed by atoms with Crippen LogP contribution in [0.25, 0.3) is 14.5 Å². The van der Waals surface area contributed by atoms with Crippen molar-refractivity contribution >= 4 is 186 Å². The molecule has 0 saturated carbocycles. The first-order chi connectivity index (χ1) is 47.8. The summed E-state index contributed by atoms with van der Waals surface area (Å²) in [6.45, 7) is 20.6. The lowest BCUT2D eigenvalue weighted by molar-refractivity contribution is 0.111. The van der Waals surface area contributed by atoms with Crippen molar-refractivity contribution in [1.29, 1.82) is 10.5 Å². The van der Waals surface area contributed by atoms with E-state index in [0.717, 1.165) is 18.9 Å². The molecule has 31 heteroatoms. The Kier molecular flexibility index (Phi) is 32.7. The Labute approximate surface area is 634 Å². The van der Waals surface area contributed by atoms with Gasteiger partial charge < -0.3 is 33.9 Å². The predicted octanol–water partition coefficient (Wildman–Crippen LogP) is 21.0. The number of halogens is 9. The molecular weight excluding hydrogens is 1700 g/mol. The molecule has 0 aliphatic heterocycles. The van der Waals surface area contributed by atoms with Crippen LogP contribution >= 0.6 is 126 Å². The minimum absolute atomic E-state index is 0.0835. The fourth-order valence-electron chi connectivity index (χ4n) is 7.15. The van der Waals surface area contributed by atoms with E-state index in [9.17, 15) is 24.0 Å². The number of nitrogens with zero attached hydrogens (tertiary/aromatic N) is 12. The molecule has 0 aliphatic rings. The molecule has 0 saturated heterocycles. The summed E-state index contributed by atoms with van der Waals surface area (Å²) in [5.41, 5.74) is 3.98. The zero-order chi connectivity index (χ0) is 73.6. The monoisotopic (exact) mass is 1730 g/mol. The van der Waals surface area contributed by atoms with E-state index in [4.69, 9.17) is 101 Å². The maximum atomic E-state index is 10.9. The van der Waals surface area contributed by atoms with Gasteiger partial charge in [-0.2, -0.15) is 15.5 Å². The average molecular weight is 1740 g/mol. The van der Waals surface area contributed by atoms with Gasteiger partial charge in [0.15, 0.2) is 31.4 Å². The molecule has 0 aliphatic carbocycles. The summed E-state index contributed by atoms with van der Waals surface area (Å²) < 4.78 is 25.7. The normalized spacial score (nSPS) is 9.64. The Bertz CT molecular complexity index is 4890. The number of nitriles is 2. The van der Waals surface area contributed by atoms with E-state index in [0.29, 0.717) is 125 Å². The molecule has 1 N–H and O–H groups in total. The van der Waals surface area contributed by atoms with E-state index in [1.807, 2.05) is 45.2 Å². The summed E-state index contributed by atoms with van der Waals surface area (Å²) in [6.07, 6.45) is 3.58. The van der Waals surface area contributed by atoms with E-state index < -0.39 is 0 Å². The quantitative estimate of drug-likeness (QED) is 0.0567. The molecule has 0 amide bonds. The van der Waals surface area contributed by atoms with E-state index in [-0.39, 0.29) is 50.1 Å². The number of phenolic OH excluding ortho intramolecular Hbond substituents is 1. The molecule has 5 aromatic heterocycles. The first kappa shape index (κ1) is 80.5. The molecule has 0 atom stereocenters. The molecule has 100 heavy (non-hydrogen) atoms. The van der Waals surface area contributed by atoms with Crippen LogP contribution in [0, 0.1) is 42.4 Å². The molecule has 10 aromatic rings. The lowest BCUT2D eigenvalue weighted by Crippen LogP contribution is -2.11. The van der Waals surface area contributed by atoms with Gasteiger partial charge in [0.2, 0.25) is 40.6 Å². The van der Waals surface area contributed by atoms with Gasteiger partial charge in [-0.1, -0.05) is 132 Å². The fourth-order valence-corrected chi connectivity index (χ4v) is 9.56. The number of aromatic hydroxyl groups is 1. The van der Waals surface area contributed by atoms with Gasteiger partial charge in [-0.25, -0.2) is 34.5 Å². The molecule has 502 valence electrons. The maximum absolute atomic E-state index is 10.9. The second-order valence-corrected chi connectivity index (χ2v) is 25.0. The lowest BCUT2D eigenvalue weighted by atomic mass is 10.2. The largest absolute Gasteiger partial charge is 0.508 e. The highest BCUT2D eigenvalue weighted by atomic mass is 79.9. The minimum Gasteiger partial charge on any atom is -0.508 e. The van der Waals surface area contributed by atoms with Gasteiger partial charge in [-0.3, -0.25) is 24.0 Å². The zero-order valence-electron chi connectivity index (χ0n) is 51.7. The number of pyridine rings is 5. The van der Waals surface area contributed by atoms with Gasteiger partial charge in [-0.15, -0.1) is 0 Å². The van der Waals surface area contributed by atoms with Gasteiger partial charge >= 0.3 is 0 Å². The van der Waals surface area contributed by atoms with Crippen LogP contribution in [-0.2, 0) is 0 Å². The maximum Gasteiger partial charge on any atom is 0.239 e. The number of phenols is 1. The van der Waals surface area contributed by atoms with Crippen LogP contribution in [0.5, 0.6) is 52.3 Å². The number of hydrogen-bond acceptors (Lipinski definition) is 19. The third-order valence-electron chi connectivity index (χ3n) is 11.9. The number of anilines is 2. The molecule has 22 nitrogen and oxygen atoms in total. The highest BCUT2D eigenvalue weighted by Gasteiger charge is 2.15. The molecule has 5 heterocycles. The van der Waals surface area contributed by atoms with Crippen molar-refractivity contribution < 1.29 is 48.0 Å². The summed E-state index contributed by atoms with van der Waals surface area (Å²) in [5.74, 6) is 4.07. The van der Waals surface area contributed by atoms with Gasteiger partial charge in [-0.05, 0) is 146 Å². The molecule has 0 fully saturated rings. The first-order valence-electron chi connectivity index (χ1n) is 27.4. The fraction of sp³-hybridized carbons (Fsp3) is 0.0580. The second kappa shape index (κ2) is 40.6. The van der Waals surface area contributed by atoms with Gasteiger partial charge in [0, 0.05) is 78.4 Å². The molecule has 0 unspecified atom stereocenters. The van der Waals surface area contributed by atoms with Gasteiger partial charge in [0.25, 0.3) is 0 Å². The van der Waals surface area contributed by atoms with Crippen molar-refractivity contribution in [2.24, 2.45) is 0 Å². The number of carbonyl (C=O) groups excluding carboxylic acids is 5. The molecule has 0 radical (unpaired) electrons. The number of rotatable bonds is 15. The summed E-state index contributed by atoms with van der Waals surface area (Å²) >= 11 is 38.8. The van der Waals surface area contributed by atoms with Crippen molar-refractivity contribution in [2.45, 2.75) is 0 Å². The van der Waals surface area contributed by atoms with Gasteiger partial charge in [0.05, 0.1) is 19.7 Å². The van der Waals surface area contributed by atoms with Crippen LogP contribution in [0.15, 0.2) is 174 Å². The smallest absolute Gasteiger partial charge is 0.239 e. The SMILES string of the molecule is CN(C)c1ccc(C#N)c(Oc2ccc(Br)c(C=O)c2)n1.N#Cc1ccc(Cl)nc1Oc1ccc(Br)c(C=O)c1.O=Cc1cc(O)ccc1Br.[C-]#[N+]c1ccc(Cl)nc1Cl.[C-]#[N+]c1ccc(Oc2ccc(Br)c(C=O)c2)nc1Cl.[C-]#[N+]c1ccc(Oc2ccc(Br)c(C=O)c2)nc1N(C)C. The highest BCUT2D eigenvalue weighted by Crippen LogP contribution is 2.35. The van der Waals surface area contributed by atoms with E-state index in [1.165, 1.54) is 42.5 Å². The Hall–Kier alpha value is -10.2. The summed E-state index contributed by atoms with van der Waals surface area (Å²) in [5, 5.41) is 27.7. The number of hydrogen-bond donors (Lipinski definition) is 1. The molecule has 10 rings (SSSR count). The number of ether oxygens (including phenoxy) is 4. The highest BCUT2D eigenvalue weighted by molar-refractivity contribution is 9.11. The van der Waals surface area contributed by atoms with Crippen LogP contribution < -0.4 is 28.7 Å². The number of benzene rings is 5. The van der Waals surface area contributed by atoms with Crippen molar-refractivity contribution in [1.82, 2.24) is 24.9 Å². The number of carbonyl (C=O) groups is 5. The molecule has 5 aromatic carbocycles. The Morgan fingerprint density at radius 1 is 0.420 bits per heavy atom. The second-order valence-electron chi connectivity index (χ2n) is 19.2. The van der Waals surface area contributed by atoms with Crippen LogP contribution in [0.1, 0.15) is 62.9 Å². The van der Waals surface area contributed by atoms with Crippen molar-refractivity contribution in [3.63, 3.8) is 0 Å². The minimum atomic E-state index is 0.0835. The van der Waals surface area contributed by atoms with Crippen LogP contribution in [0.4, 0.5) is 28.7 Å². The summed E-state index contributed by atoms with van der Waals surface area (Å²) in [6, 6.07) is 44.3. The standard InChI is InChI=1S/2C15H12BrN3O2.2C13H6BrClN2O2.C7H5BrO2.C6H2Cl2N2/c1-17-13-6-7-14(18-15(13)19(2)3)21-11-4-5-12(16)10(8-11)9-20;1-19(2)14-6-3-10(8-17)15(18-14)21-12-4-5-13(16)11(7-12)9-20;1-16-11-4-5-12(17-13(11)15)19-9-2-3-10(14)8(6-9)7-18;14-11-3-2-10(5-9(11)7-18)19-13-8(6-16)1-4-12(15)17-13;8-7-2-1-6(10)3-5(7)4-9;1-9-4-2-3-5(7)10-6(4)8/h4-9H,2-3H3;3-7,9H,1-2H3;2-7H;1-5,7H;1-4,10H;2-3H. The average Bonchev–Trinajstić information content (AvgIpc) is 0.850. The third kappa shape index (κ3) is 24.7. The Morgan fingerprint density at radius 2 is 0.770 bits per heavy atom. The van der Waals surface area contributed by atoms with E-state index in [1.54, 1.807) is 114 Å². The molecule has 0 spiro atoms. The van der Waals surface area contributed by atoms with Gasteiger partial charge in [0.1, 0.15) is 84.3 Å². The van der Waals surface area contributed by atoms with Crippen molar-refractivity contribution in [2.75, 3.05) is 38.0 Å². The summed E-state index contributed by atoms with van der Waals surface area (Å²) in [7, 11) is 7.32.